The fraction of sp³-hybridized carbons (Fsp3) is 0.625. The molecule has 32 heavy (non-hydrogen) atoms. The van der Waals surface area contributed by atoms with Gasteiger partial charge in [0, 0.05) is 19.6 Å². The van der Waals surface area contributed by atoms with E-state index in [1.807, 2.05) is 19.1 Å². The number of aliphatic imine (C=N–C) groups is 1. The number of imide groups is 1. The van der Waals surface area contributed by atoms with Crippen LogP contribution in [0.1, 0.15) is 39.0 Å². The van der Waals surface area contributed by atoms with Crippen molar-refractivity contribution < 1.29 is 14.0 Å². The molecule has 174 valence electrons. The number of likely N-dealkylation sites (tertiary alicyclic amines) is 1. The molecular formula is C24H35N5O3. The molecule has 0 radical (unpaired) electrons. The standard InChI is InChI=1S/C24H35N5O3/c1-4-25-24(27-15-18(28(5-2)6-3)19-8-7-13-32-19)26-11-12-29-22(30)20-16-9-10-17(14-16)21(20)23(29)31/h7-10,13,16-18,20-21H,4-6,11-12,14-15H2,1-3H3,(H2,25,26,27). The number of fused-ring (bicyclic) bond motifs is 5. The van der Waals surface area contributed by atoms with Gasteiger partial charge >= 0.3 is 0 Å². The topological polar surface area (TPSA) is 90.2 Å². The van der Waals surface area contributed by atoms with Gasteiger partial charge in [-0.2, -0.15) is 0 Å². The molecule has 1 aliphatic heterocycles. The quantitative estimate of drug-likeness (QED) is 0.250. The van der Waals surface area contributed by atoms with E-state index >= 15 is 0 Å². The zero-order valence-corrected chi connectivity index (χ0v) is 19.3. The van der Waals surface area contributed by atoms with Gasteiger partial charge in [-0.15, -0.1) is 0 Å². The third-order valence-electron chi connectivity index (χ3n) is 7.08. The van der Waals surface area contributed by atoms with Gasteiger partial charge in [0.15, 0.2) is 5.96 Å². The molecule has 8 nitrogen and oxygen atoms in total. The first-order valence-electron chi connectivity index (χ1n) is 11.9. The zero-order valence-electron chi connectivity index (χ0n) is 19.3. The Bertz CT molecular complexity index is 831. The van der Waals surface area contributed by atoms with Gasteiger partial charge in [0.05, 0.1) is 30.7 Å². The minimum Gasteiger partial charge on any atom is -0.468 e. The molecule has 0 aromatic carbocycles. The summed E-state index contributed by atoms with van der Waals surface area (Å²) in [6.07, 6.45) is 6.90. The van der Waals surface area contributed by atoms with E-state index in [1.165, 1.54) is 4.90 Å². The molecule has 0 spiro atoms. The summed E-state index contributed by atoms with van der Waals surface area (Å²) < 4.78 is 5.66. The van der Waals surface area contributed by atoms with Crippen molar-refractivity contribution in [2.45, 2.75) is 33.2 Å². The minimum absolute atomic E-state index is 0.00000580. The second-order valence-electron chi connectivity index (χ2n) is 8.73. The van der Waals surface area contributed by atoms with E-state index in [0.717, 1.165) is 31.8 Å². The first-order chi connectivity index (χ1) is 15.6. The summed E-state index contributed by atoms with van der Waals surface area (Å²) in [5.74, 6) is 1.80. The zero-order chi connectivity index (χ0) is 22.7. The lowest BCUT2D eigenvalue weighted by Gasteiger charge is -2.27. The summed E-state index contributed by atoms with van der Waals surface area (Å²) in [7, 11) is 0. The van der Waals surface area contributed by atoms with Gasteiger partial charge < -0.3 is 15.1 Å². The fourth-order valence-corrected chi connectivity index (χ4v) is 5.52. The van der Waals surface area contributed by atoms with Crippen LogP contribution in [0.4, 0.5) is 0 Å². The van der Waals surface area contributed by atoms with Gasteiger partial charge in [-0.3, -0.25) is 24.4 Å². The van der Waals surface area contributed by atoms with Crippen LogP contribution in [-0.4, -0.2) is 66.8 Å². The first-order valence-corrected chi connectivity index (χ1v) is 11.9. The van der Waals surface area contributed by atoms with Crippen molar-refractivity contribution in [3.05, 3.63) is 36.3 Å². The van der Waals surface area contributed by atoms with E-state index in [9.17, 15) is 9.59 Å². The molecule has 5 unspecified atom stereocenters. The molecule has 5 atom stereocenters. The van der Waals surface area contributed by atoms with E-state index < -0.39 is 0 Å². The van der Waals surface area contributed by atoms with E-state index in [4.69, 9.17) is 9.41 Å². The molecule has 2 amide bonds. The van der Waals surface area contributed by atoms with Crippen molar-refractivity contribution in [2.24, 2.45) is 28.7 Å². The van der Waals surface area contributed by atoms with Crippen LogP contribution in [0.2, 0.25) is 0 Å². The molecule has 2 aliphatic carbocycles. The van der Waals surface area contributed by atoms with Crippen molar-refractivity contribution in [1.29, 1.82) is 0 Å². The Labute approximate surface area is 190 Å². The number of rotatable bonds is 10. The Kier molecular flexibility index (Phi) is 6.98. The SMILES string of the molecule is CCNC(=NCC(c1ccco1)N(CC)CC)NCCN1C(=O)C2C3C=CC(C3)C2C1=O. The number of nitrogens with zero attached hydrogens (tertiary/aromatic N) is 3. The smallest absolute Gasteiger partial charge is 0.233 e. The van der Waals surface area contributed by atoms with E-state index in [1.54, 1.807) is 6.26 Å². The minimum atomic E-state index is -0.137. The number of furan rings is 1. The first kappa shape index (κ1) is 22.6. The molecule has 2 bridgehead atoms. The summed E-state index contributed by atoms with van der Waals surface area (Å²) in [5, 5.41) is 6.56. The molecule has 1 saturated heterocycles. The molecule has 3 aliphatic rings. The number of nitrogens with one attached hydrogen (secondary N) is 2. The lowest BCUT2D eigenvalue weighted by molar-refractivity contribution is -0.140. The summed E-state index contributed by atoms with van der Waals surface area (Å²) >= 11 is 0. The molecular weight excluding hydrogens is 406 g/mol. The Morgan fingerprint density at radius 1 is 1.16 bits per heavy atom. The number of guanidine groups is 1. The monoisotopic (exact) mass is 441 g/mol. The number of amides is 2. The molecule has 1 aromatic heterocycles. The largest absolute Gasteiger partial charge is 0.468 e. The molecule has 1 aromatic rings. The average Bonchev–Trinajstić information content (AvgIpc) is 3.58. The molecule has 2 fully saturated rings. The number of allylic oxidation sites excluding steroid dienone is 2. The van der Waals surface area contributed by atoms with E-state index in [2.05, 4.69) is 41.5 Å². The predicted octanol–water partition coefficient (Wildman–Crippen LogP) is 2.02. The maximum Gasteiger partial charge on any atom is 0.233 e. The van der Waals surface area contributed by atoms with Crippen molar-refractivity contribution in [3.63, 3.8) is 0 Å². The number of carbonyl (C=O) groups is 2. The Balaban J connectivity index is 1.36. The van der Waals surface area contributed by atoms with Gasteiger partial charge in [-0.25, -0.2) is 0 Å². The number of hydrogen-bond donors (Lipinski definition) is 2. The highest BCUT2D eigenvalue weighted by atomic mass is 16.3. The van der Waals surface area contributed by atoms with Gasteiger partial charge in [0.2, 0.25) is 11.8 Å². The van der Waals surface area contributed by atoms with Crippen LogP contribution >= 0.6 is 0 Å². The number of carbonyl (C=O) groups excluding carboxylic acids is 2. The second kappa shape index (κ2) is 9.90. The van der Waals surface area contributed by atoms with Crippen molar-refractivity contribution in [1.82, 2.24) is 20.4 Å². The van der Waals surface area contributed by atoms with Gasteiger partial charge in [-0.1, -0.05) is 26.0 Å². The third kappa shape index (κ3) is 4.20. The van der Waals surface area contributed by atoms with Crippen LogP contribution in [0.3, 0.4) is 0 Å². The van der Waals surface area contributed by atoms with Gasteiger partial charge in [0.1, 0.15) is 5.76 Å². The van der Waals surface area contributed by atoms with Crippen LogP contribution in [0.15, 0.2) is 40.0 Å². The van der Waals surface area contributed by atoms with Crippen LogP contribution in [0.5, 0.6) is 0 Å². The van der Waals surface area contributed by atoms with Crippen molar-refractivity contribution in [3.8, 4) is 0 Å². The van der Waals surface area contributed by atoms with Crippen molar-refractivity contribution in [2.75, 3.05) is 39.3 Å². The highest BCUT2D eigenvalue weighted by molar-refractivity contribution is 6.06. The van der Waals surface area contributed by atoms with Gasteiger partial charge in [0.25, 0.3) is 0 Å². The highest BCUT2D eigenvalue weighted by Crippen LogP contribution is 2.52. The second-order valence-corrected chi connectivity index (χ2v) is 8.73. The van der Waals surface area contributed by atoms with Crippen molar-refractivity contribution >= 4 is 17.8 Å². The number of hydrogen-bond acceptors (Lipinski definition) is 5. The van der Waals surface area contributed by atoms with Crippen LogP contribution in [0.25, 0.3) is 0 Å². The number of likely N-dealkylation sites (N-methyl/N-ethyl adjacent to an activating group) is 1. The summed E-state index contributed by atoms with van der Waals surface area (Å²) in [5.41, 5.74) is 0. The van der Waals surface area contributed by atoms with Crippen LogP contribution in [-0.2, 0) is 9.59 Å². The Morgan fingerprint density at radius 3 is 2.41 bits per heavy atom. The van der Waals surface area contributed by atoms with E-state index in [-0.39, 0.29) is 41.5 Å². The predicted molar refractivity (Wildman–Crippen MR) is 123 cm³/mol. The maximum absolute atomic E-state index is 12.9. The van der Waals surface area contributed by atoms with Gasteiger partial charge in [-0.05, 0) is 50.4 Å². The molecule has 8 heteroatoms. The summed E-state index contributed by atoms with van der Waals surface area (Å²) in [4.78, 5) is 34.3. The Morgan fingerprint density at radius 2 is 1.84 bits per heavy atom. The summed E-state index contributed by atoms with van der Waals surface area (Å²) in [6.45, 7) is 10.2. The third-order valence-corrected chi connectivity index (χ3v) is 7.08. The average molecular weight is 442 g/mol. The normalized spacial score (nSPS) is 27.5. The van der Waals surface area contributed by atoms with Crippen LogP contribution in [0, 0.1) is 23.7 Å². The Hall–Kier alpha value is -2.61. The fourth-order valence-electron chi connectivity index (χ4n) is 5.52. The molecule has 2 N–H and O–H groups in total. The lowest BCUT2D eigenvalue weighted by atomic mass is 9.85. The highest BCUT2D eigenvalue weighted by Gasteiger charge is 2.58. The lowest BCUT2D eigenvalue weighted by Crippen LogP contribution is -2.44. The molecule has 4 rings (SSSR count). The van der Waals surface area contributed by atoms with E-state index in [0.29, 0.717) is 25.6 Å². The van der Waals surface area contributed by atoms with Crippen LogP contribution < -0.4 is 10.6 Å². The maximum atomic E-state index is 12.9. The molecule has 1 saturated carbocycles. The molecule has 2 heterocycles. The summed E-state index contributed by atoms with van der Waals surface area (Å²) in [6, 6.07) is 3.95.